The van der Waals surface area contributed by atoms with Crippen molar-refractivity contribution in [2.75, 3.05) is 12.9 Å². The SMILES string of the molecule is COc1ccc(-n2c(O)c(C=N[C@H]3C=CS(=O)(=O)C3)c(=O)[nH]c2=S)cc1. The maximum Gasteiger partial charge on any atom is 0.264 e. The van der Waals surface area contributed by atoms with Gasteiger partial charge in [0.1, 0.15) is 11.3 Å². The minimum absolute atomic E-state index is 0.0122. The van der Waals surface area contributed by atoms with Gasteiger partial charge >= 0.3 is 0 Å². The molecule has 3 rings (SSSR count). The van der Waals surface area contributed by atoms with E-state index >= 15 is 0 Å². The Bertz CT molecular complexity index is 1110. The molecule has 1 atom stereocenters. The molecule has 10 heteroatoms. The first kappa shape index (κ1) is 18.1. The van der Waals surface area contributed by atoms with Gasteiger partial charge in [-0.3, -0.25) is 19.3 Å². The molecule has 2 N–H and O–H groups in total. The number of hydrogen-bond donors (Lipinski definition) is 2. The Morgan fingerprint density at radius 3 is 2.65 bits per heavy atom. The summed E-state index contributed by atoms with van der Waals surface area (Å²) < 4.78 is 29.2. The first-order valence-electron chi connectivity index (χ1n) is 7.47. The molecule has 1 aromatic heterocycles. The number of nitrogens with zero attached hydrogens (tertiary/aromatic N) is 2. The number of aromatic amines is 1. The van der Waals surface area contributed by atoms with Crippen molar-refractivity contribution < 1.29 is 18.3 Å². The van der Waals surface area contributed by atoms with Crippen molar-refractivity contribution in [1.29, 1.82) is 0 Å². The van der Waals surface area contributed by atoms with Gasteiger partial charge in [0.05, 0.1) is 24.6 Å². The predicted molar refractivity (Wildman–Crippen MR) is 99.7 cm³/mol. The van der Waals surface area contributed by atoms with Gasteiger partial charge in [-0.1, -0.05) is 0 Å². The maximum absolute atomic E-state index is 12.1. The fraction of sp³-hybridized carbons (Fsp3) is 0.188. The topological polar surface area (TPSA) is 114 Å². The van der Waals surface area contributed by atoms with Crippen molar-refractivity contribution in [2.45, 2.75) is 6.04 Å². The second kappa shape index (κ2) is 6.89. The first-order valence-corrected chi connectivity index (χ1v) is 9.60. The third-order valence-corrected chi connectivity index (χ3v) is 5.42. The lowest BCUT2D eigenvalue weighted by Gasteiger charge is -2.12. The summed E-state index contributed by atoms with van der Waals surface area (Å²) in [5.41, 5.74) is -0.222. The average molecular weight is 393 g/mol. The number of aromatic hydroxyl groups is 1. The van der Waals surface area contributed by atoms with Gasteiger partial charge in [0.15, 0.2) is 14.6 Å². The Morgan fingerprint density at radius 2 is 2.08 bits per heavy atom. The molecular weight excluding hydrogens is 378 g/mol. The summed E-state index contributed by atoms with van der Waals surface area (Å²) in [6.45, 7) is 0. The highest BCUT2D eigenvalue weighted by Gasteiger charge is 2.21. The van der Waals surface area contributed by atoms with Crippen LogP contribution in [0, 0.1) is 4.77 Å². The predicted octanol–water partition coefficient (Wildman–Crippen LogP) is 1.34. The second-order valence-electron chi connectivity index (χ2n) is 5.53. The Labute approximate surface area is 154 Å². The Kier molecular flexibility index (Phi) is 4.79. The zero-order chi connectivity index (χ0) is 18.9. The fourth-order valence-corrected chi connectivity index (χ4v) is 3.94. The minimum Gasteiger partial charge on any atom is -0.497 e. The van der Waals surface area contributed by atoms with Crippen molar-refractivity contribution in [3.8, 4) is 17.3 Å². The monoisotopic (exact) mass is 393 g/mol. The van der Waals surface area contributed by atoms with Crippen molar-refractivity contribution in [3.05, 3.63) is 56.4 Å². The van der Waals surface area contributed by atoms with E-state index in [9.17, 15) is 18.3 Å². The maximum atomic E-state index is 12.1. The van der Waals surface area contributed by atoms with E-state index in [0.29, 0.717) is 11.4 Å². The number of rotatable bonds is 4. The lowest BCUT2D eigenvalue weighted by molar-refractivity contribution is 0.414. The Hall–Kier alpha value is -2.72. The zero-order valence-electron chi connectivity index (χ0n) is 13.6. The number of benzene rings is 1. The van der Waals surface area contributed by atoms with E-state index < -0.39 is 27.3 Å². The molecule has 0 fully saturated rings. The molecule has 0 unspecified atom stereocenters. The molecule has 0 amide bonds. The number of aromatic nitrogens is 2. The van der Waals surface area contributed by atoms with Crippen LogP contribution in [-0.4, -0.2) is 48.2 Å². The summed E-state index contributed by atoms with van der Waals surface area (Å²) in [7, 11) is -1.73. The summed E-state index contributed by atoms with van der Waals surface area (Å²) in [5, 5.41) is 11.6. The largest absolute Gasteiger partial charge is 0.497 e. The normalized spacial score (nSPS) is 18.4. The zero-order valence-corrected chi connectivity index (χ0v) is 15.3. The molecule has 2 heterocycles. The third-order valence-electron chi connectivity index (χ3n) is 3.76. The quantitative estimate of drug-likeness (QED) is 0.599. The van der Waals surface area contributed by atoms with Crippen LogP contribution in [0.5, 0.6) is 11.6 Å². The van der Waals surface area contributed by atoms with Crippen LogP contribution < -0.4 is 10.3 Å². The molecule has 1 aliphatic heterocycles. The second-order valence-corrected chi connectivity index (χ2v) is 7.85. The summed E-state index contributed by atoms with van der Waals surface area (Å²) in [5.74, 6) is 0.0671. The van der Waals surface area contributed by atoms with Gasteiger partial charge in [-0.15, -0.1) is 0 Å². The van der Waals surface area contributed by atoms with Gasteiger partial charge in [0, 0.05) is 11.6 Å². The van der Waals surface area contributed by atoms with Gasteiger partial charge in [-0.2, -0.15) is 0 Å². The van der Waals surface area contributed by atoms with Gasteiger partial charge in [0.25, 0.3) is 5.56 Å². The number of ether oxygens (including phenoxy) is 1. The molecule has 0 aliphatic carbocycles. The molecule has 1 aliphatic rings. The summed E-state index contributed by atoms with van der Waals surface area (Å²) in [6.07, 6.45) is 2.58. The Balaban J connectivity index is 2.03. The van der Waals surface area contributed by atoms with Crippen LogP contribution in [0.4, 0.5) is 0 Å². The van der Waals surface area contributed by atoms with Gasteiger partial charge in [0.2, 0.25) is 5.88 Å². The van der Waals surface area contributed by atoms with Crippen LogP contribution in [0.1, 0.15) is 5.56 Å². The molecule has 0 bridgehead atoms. The van der Waals surface area contributed by atoms with Crippen LogP contribution >= 0.6 is 12.2 Å². The molecule has 0 saturated carbocycles. The van der Waals surface area contributed by atoms with Crippen LogP contribution in [0.3, 0.4) is 0 Å². The van der Waals surface area contributed by atoms with Gasteiger partial charge in [-0.25, -0.2) is 8.42 Å². The van der Waals surface area contributed by atoms with Crippen LogP contribution in [-0.2, 0) is 9.84 Å². The molecule has 0 radical (unpaired) electrons. The number of nitrogens with one attached hydrogen (secondary N) is 1. The molecule has 8 nitrogen and oxygen atoms in total. The molecule has 136 valence electrons. The fourth-order valence-electron chi connectivity index (χ4n) is 2.45. The van der Waals surface area contributed by atoms with E-state index in [2.05, 4.69) is 9.98 Å². The van der Waals surface area contributed by atoms with E-state index in [1.54, 1.807) is 24.3 Å². The first-order chi connectivity index (χ1) is 12.3. The highest BCUT2D eigenvalue weighted by atomic mass is 32.2. The summed E-state index contributed by atoms with van der Waals surface area (Å²) in [6, 6.07) is 6.10. The molecule has 0 spiro atoms. The van der Waals surface area contributed by atoms with Crippen molar-refractivity contribution in [2.24, 2.45) is 4.99 Å². The minimum atomic E-state index is -3.26. The van der Waals surface area contributed by atoms with Crippen LogP contribution in [0.15, 0.2) is 45.5 Å². The molecule has 1 aromatic carbocycles. The van der Waals surface area contributed by atoms with Crippen molar-refractivity contribution >= 4 is 28.3 Å². The van der Waals surface area contributed by atoms with Gasteiger partial charge < -0.3 is 9.84 Å². The van der Waals surface area contributed by atoms with E-state index in [-0.39, 0.29) is 16.1 Å². The molecule has 26 heavy (non-hydrogen) atoms. The number of H-pyrrole nitrogens is 1. The molecule has 0 saturated heterocycles. The highest BCUT2D eigenvalue weighted by Crippen LogP contribution is 2.21. The highest BCUT2D eigenvalue weighted by molar-refractivity contribution is 7.94. The summed E-state index contributed by atoms with van der Waals surface area (Å²) >= 11 is 5.13. The standard InChI is InChI=1S/C16H15N3O5S2/c1-24-12-4-2-11(3-5-12)19-15(21)13(14(20)18-16(19)25)8-17-10-6-7-26(22,23)9-10/h2-8,10,21H,9H2,1H3,(H,18,20,25)/t10-/m0/s1. The molecule has 2 aromatic rings. The third kappa shape index (κ3) is 3.60. The van der Waals surface area contributed by atoms with Crippen molar-refractivity contribution in [1.82, 2.24) is 9.55 Å². The summed E-state index contributed by atoms with van der Waals surface area (Å²) in [4.78, 5) is 18.7. The number of methoxy groups -OCH3 is 1. The number of hydrogen-bond acceptors (Lipinski definition) is 7. The van der Waals surface area contributed by atoms with E-state index in [1.165, 1.54) is 17.8 Å². The van der Waals surface area contributed by atoms with Gasteiger partial charge in [-0.05, 0) is 42.6 Å². The van der Waals surface area contributed by atoms with Crippen LogP contribution in [0.25, 0.3) is 5.69 Å². The van der Waals surface area contributed by atoms with E-state index in [1.807, 2.05) is 0 Å². The number of aliphatic imine (C=N–C) groups is 1. The number of sulfone groups is 1. The Morgan fingerprint density at radius 1 is 1.38 bits per heavy atom. The lowest BCUT2D eigenvalue weighted by Crippen LogP contribution is -2.19. The van der Waals surface area contributed by atoms with E-state index in [0.717, 1.165) is 11.6 Å². The molecular formula is C16H15N3O5S2. The average Bonchev–Trinajstić information content (AvgIpc) is 2.94. The van der Waals surface area contributed by atoms with Crippen molar-refractivity contribution in [3.63, 3.8) is 0 Å². The lowest BCUT2D eigenvalue weighted by atomic mass is 10.2. The smallest absolute Gasteiger partial charge is 0.264 e. The van der Waals surface area contributed by atoms with E-state index in [4.69, 9.17) is 17.0 Å². The van der Waals surface area contributed by atoms with Crippen LogP contribution in [0.2, 0.25) is 0 Å².